The zero-order chi connectivity index (χ0) is 20.8. The van der Waals surface area contributed by atoms with Gasteiger partial charge in [-0.15, -0.1) is 0 Å². The van der Waals surface area contributed by atoms with E-state index in [1.165, 1.54) is 0 Å². The highest BCUT2D eigenvalue weighted by Gasteiger charge is 2.17. The van der Waals surface area contributed by atoms with Crippen LogP contribution in [0.25, 0.3) is 11.3 Å². The minimum absolute atomic E-state index is 0.0850. The summed E-state index contributed by atoms with van der Waals surface area (Å²) in [6.45, 7) is 0. The molecular formula is C24H20ClN3O2. The van der Waals surface area contributed by atoms with Crippen molar-refractivity contribution in [2.24, 2.45) is 0 Å². The highest BCUT2D eigenvalue weighted by Crippen LogP contribution is 2.28. The smallest absolute Gasteiger partial charge is 0.221 e. The third-order valence-corrected chi connectivity index (χ3v) is 5.07. The molecule has 0 aliphatic heterocycles. The number of rotatable bonds is 7. The first-order valence-electron chi connectivity index (χ1n) is 9.64. The molecule has 30 heavy (non-hydrogen) atoms. The summed E-state index contributed by atoms with van der Waals surface area (Å²) in [5, 5.41) is 3.71. The van der Waals surface area contributed by atoms with Crippen LogP contribution in [0, 0.1) is 0 Å². The van der Waals surface area contributed by atoms with Crippen LogP contribution < -0.4 is 5.32 Å². The molecule has 0 spiro atoms. The summed E-state index contributed by atoms with van der Waals surface area (Å²) in [5.74, 6) is 1.01. The molecule has 4 rings (SSSR count). The molecule has 0 aliphatic rings. The van der Waals surface area contributed by atoms with Crippen molar-refractivity contribution in [3.63, 3.8) is 0 Å². The molecule has 0 bridgehead atoms. The summed E-state index contributed by atoms with van der Waals surface area (Å²) in [5.41, 5.74) is 2.76. The van der Waals surface area contributed by atoms with Gasteiger partial charge in [0.15, 0.2) is 11.7 Å². The van der Waals surface area contributed by atoms with Crippen LogP contribution in [-0.2, 0) is 11.2 Å². The van der Waals surface area contributed by atoms with Gasteiger partial charge in [-0.1, -0.05) is 54.1 Å². The zero-order valence-corrected chi connectivity index (χ0v) is 16.9. The van der Waals surface area contributed by atoms with Crippen LogP contribution in [0.5, 0.6) is 0 Å². The van der Waals surface area contributed by atoms with E-state index in [0.29, 0.717) is 23.1 Å². The van der Waals surface area contributed by atoms with Gasteiger partial charge in [0.2, 0.25) is 5.91 Å². The molecule has 4 aromatic rings. The minimum atomic E-state index is -0.245. The normalized spacial score (nSPS) is 11.8. The number of aryl methyl sites for hydroxylation is 1. The number of nitrogens with zero attached hydrogens (tertiary/aromatic N) is 2. The standard InChI is InChI=1S/C24H20ClN3O2/c25-20-9-5-4-8-19(20)21-16-27-23(30-21)11-10-22(29)28-24(17-6-2-1-3-7-17)18-12-14-26-15-13-18/h1-9,12-16,24H,10-11H2,(H,28,29). The van der Waals surface area contributed by atoms with Gasteiger partial charge in [-0.25, -0.2) is 4.98 Å². The Morgan fingerprint density at radius 1 is 0.967 bits per heavy atom. The topological polar surface area (TPSA) is 68.0 Å². The van der Waals surface area contributed by atoms with E-state index in [1.54, 1.807) is 24.7 Å². The van der Waals surface area contributed by atoms with Crippen molar-refractivity contribution in [2.75, 3.05) is 0 Å². The first-order chi connectivity index (χ1) is 14.7. The van der Waals surface area contributed by atoms with Crippen molar-refractivity contribution < 1.29 is 9.21 Å². The first kappa shape index (κ1) is 19.9. The first-order valence-corrected chi connectivity index (χ1v) is 10.0. The Bertz CT molecular complexity index is 1070. The molecule has 1 unspecified atom stereocenters. The molecule has 0 saturated carbocycles. The van der Waals surface area contributed by atoms with E-state index < -0.39 is 0 Å². The fourth-order valence-electron chi connectivity index (χ4n) is 3.23. The van der Waals surface area contributed by atoms with Gasteiger partial charge in [0.1, 0.15) is 0 Å². The van der Waals surface area contributed by atoms with Gasteiger partial charge in [0, 0.05) is 30.8 Å². The maximum atomic E-state index is 12.7. The molecule has 0 aliphatic carbocycles. The highest BCUT2D eigenvalue weighted by atomic mass is 35.5. The summed E-state index contributed by atoms with van der Waals surface area (Å²) in [7, 11) is 0. The second-order valence-corrected chi connectivity index (χ2v) is 7.20. The van der Waals surface area contributed by atoms with E-state index in [4.69, 9.17) is 16.0 Å². The van der Waals surface area contributed by atoms with Gasteiger partial charge in [-0.2, -0.15) is 0 Å². The lowest BCUT2D eigenvalue weighted by molar-refractivity contribution is -0.121. The van der Waals surface area contributed by atoms with Crippen LogP contribution in [-0.4, -0.2) is 15.9 Å². The van der Waals surface area contributed by atoms with Gasteiger partial charge in [-0.05, 0) is 35.4 Å². The van der Waals surface area contributed by atoms with Crippen LogP contribution in [0.2, 0.25) is 5.02 Å². The third-order valence-electron chi connectivity index (χ3n) is 4.74. The van der Waals surface area contributed by atoms with Gasteiger partial charge in [-0.3, -0.25) is 9.78 Å². The fraction of sp³-hybridized carbons (Fsp3) is 0.125. The number of aromatic nitrogens is 2. The number of hydrogen-bond donors (Lipinski definition) is 1. The number of halogens is 1. The molecule has 1 N–H and O–H groups in total. The Morgan fingerprint density at radius 2 is 1.67 bits per heavy atom. The van der Waals surface area contributed by atoms with E-state index in [1.807, 2.05) is 60.7 Å². The monoisotopic (exact) mass is 417 g/mol. The third kappa shape index (κ3) is 4.75. The molecule has 6 heteroatoms. The van der Waals surface area contributed by atoms with Crippen LogP contribution in [0.1, 0.15) is 29.5 Å². The predicted molar refractivity (Wildman–Crippen MR) is 116 cm³/mol. The summed E-state index contributed by atoms with van der Waals surface area (Å²) >= 11 is 6.21. The number of nitrogens with one attached hydrogen (secondary N) is 1. The molecule has 0 radical (unpaired) electrons. The van der Waals surface area contributed by atoms with Crippen LogP contribution in [0.4, 0.5) is 0 Å². The second-order valence-electron chi connectivity index (χ2n) is 6.79. The average molecular weight is 418 g/mol. The summed E-state index contributed by atoms with van der Waals surface area (Å²) in [6.07, 6.45) is 5.74. The molecular weight excluding hydrogens is 398 g/mol. The number of carbonyl (C=O) groups excluding carboxylic acids is 1. The van der Waals surface area contributed by atoms with E-state index in [2.05, 4.69) is 15.3 Å². The van der Waals surface area contributed by atoms with E-state index in [0.717, 1.165) is 16.7 Å². The Balaban J connectivity index is 1.43. The lowest BCUT2D eigenvalue weighted by Crippen LogP contribution is -2.29. The quantitative estimate of drug-likeness (QED) is 0.447. The fourth-order valence-corrected chi connectivity index (χ4v) is 3.45. The van der Waals surface area contributed by atoms with Crippen molar-refractivity contribution >= 4 is 17.5 Å². The molecule has 2 aromatic carbocycles. The number of hydrogen-bond acceptors (Lipinski definition) is 4. The van der Waals surface area contributed by atoms with Crippen molar-refractivity contribution in [3.8, 4) is 11.3 Å². The van der Waals surface area contributed by atoms with Crippen molar-refractivity contribution in [1.29, 1.82) is 0 Å². The summed E-state index contributed by atoms with van der Waals surface area (Å²) in [6, 6.07) is 20.8. The van der Waals surface area contributed by atoms with E-state index in [9.17, 15) is 4.79 Å². The SMILES string of the molecule is O=C(CCc1ncc(-c2ccccc2Cl)o1)NC(c1ccccc1)c1ccncc1. The Morgan fingerprint density at radius 3 is 2.43 bits per heavy atom. The molecule has 1 atom stereocenters. The number of amides is 1. The largest absolute Gasteiger partial charge is 0.441 e. The van der Waals surface area contributed by atoms with Crippen molar-refractivity contribution in [3.05, 3.63) is 107 Å². The number of carbonyl (C=O) groups is 1. The zero-order valence-electron chi connectivity index (χ0n) is 16.2. The van der Waals surface area contributed by atoms with Crippen LogP contribution >= 0.6 is 11.6 Å². The predicted octanol–water partition coefficient (Wildman–Crippen LogP) is 5.23. The Hall–Kier alpha value is -3.44. The molecule has 2 heterocycles. The lowest BCUT2D eigenvalue weighted by Gasteiger charge is -2.19. The van der Waals surface area contributed by atoms with Gasteiger partial charge in [0.05, 0.1) is 17.3 Å². The molecule has 150 valence electrons. The average Bonchev–Trinajstić information content (AvgIpc) is 3.26. The molecule has 0 saturated heterocycles. The molecule has 2 aromatic heterocycles. The molecule has 1 amide bonds. The summed E-state index contributed by atoms with van der Waals surface area (Å²) in [4.78, 5) is 21.0. The van der Waals surface area contributed by atoms with E-state index >= 15 is 0 Å². The van der Waals surface area contributed by atoms with Crippen molar-refractivity contribution in [2.45, 2.75) is 18.9 Å². The van der Waals surface area contributed by atoms with Crippen LogP contribution in [0.3, 0.4) is 0 Å². The van der Waals surface area contributed by atoms with Gasteiger partial charge < -0.3 is 9.73 Å². The highest BCUT2D eigenvalue weighted by molar-refractivity contribution is 6.33. The maximum absolute atomic E-state index is 12.7. The second kappa shape index (κ2) is 9.37. The van der Waals surface area contributed by atoms with Gasteiger partial charge in [0.25, 0.3) is 0 Å². The summed E-state index contributed by atoms with van der Waals surface area (Å²) < 4.78 is 5.79. The number of benzene rings is 2. The molecule has 0 fully saturated rings. The number of pyridine rings is 1. The Kier molecular flexibility index (Phi) is 6.20. The number of oxazole rings is 1. The maximum Gasteiger partial charge on any atom is 0.221 e. The lowest BCUT2D eigenvalue weighted by atomic mass is 9.99. The molecule has 5 nitrogen and oxygen atoms in total. The van der Waals surface area contributed by atoms with Crippen LogP contribution in [0.15, 0.2) is 89.7 Å². The Labute approximate surface area is 179 Å². The van der Waals surface area contributed by atoms with Crippen molar-refractivity contribution in [1.82, 2.24) is 15.3 Å². The van der Waals surface area contributed by atoms with Gasteiger partial charge >= 0.3 is 0 Å². The van der Waals surface area contributed by atoms with E-state index in [-0.39, 0.29) is 18.4 Å². The minimum Gasteiger partial charge on any atom is -0.441 e.